The molecule has 2 aromatic rings. The van der Waals surface area contributed by atoms with Crippen molar-refractivity contribution in [2.75, 3.05) is 7.11 Å². The summed E-state index contributed by atoms with van der Waals surface area (Å²) in [6, 6.07) is 13.4. The van der Waals surface area contributed by atoms with E-state index in [-0.39, 0.29) is 23.7 Å². The SMILES string of the molecule is CO[C@@]12CC[C@@H](c3ccc(C)cc3Cl)[C@H](c3ccc(Cl)cc3)[C@@H]1[C@@H](C)N(C(=O)OC(C)(C)C)C2=O. The number of fused-ring (bicyclic) bond motifs is 1. The van der Waals surface area contributed by atoms with Crippen LogP contribution < -0.4 is 0 Å². The van der Waals surface area contributed by atoms with Crippen molar-refractivity contribution in [1.82, 2.24) is 4.90 Å². The first-order valence-electron chi connectivity index (χ1n) is 12.0. The zero-order chi connectivity index (χ0) is 25.7. The Labute approximate surface area is 217 Å². The Bertz CT molecular complexity index is 1130. The Balaban J connectivity index is 1.86. The van der Waals surface area contributed by atoms with Gasteiger partial charge in [0.05, 0.1) is 0 Å². The van der Waals surface area contributed by atoms with Crippen LogP contribution in [0, 0.1) is 12.8 Å². The smallest absolute Gasteiger partial charge is 0.417 e. The second kappa shape index (κ2) is 9.42. The van der Waals surface area contributed by atoms with Gasteiger partial charge in [-0.1, -0.05) is 47.5 Å². The molecule has 1 aliphatic carbocycles. The highest BCUT2D eigenvalue weighted by atomic mass is 35.5. The molecule has 1 saturated carbocycles. The number of halogens is 2. The maximum atomic E-state index is 13.9. The van der Waals surface area contributed by atoms with Crippen molar-refractivity contribution in [3.63, 3.8) is 0 Å². The Morgan fingerprint density at radius 1 is 1.11 bits per heavy atom. The molecule has 2 aromatic carbocycles. The largest absolute Gasteiger partial charge is 0.443 e. The van der Waals surface area contributed by atoms with Crippen molar-refractivity contribution in [3.8, 4) is 0 Å². The molecule has 1 heterocycles. The summed E-state index contributed by atoms with van der Waals surface area (Å²) in [7, 11) is 1.56. The van der Waals surface area contributed by atoms with Gasteiger partial charge in [-0.15, -0.1) is 0 Å². The molecule has 0 aromatic heterocycles. The number of imide groups is 1. The van der Waals surface area contributed by atoms with E-state index in [1.54, 1.807) is 27.9 Å². The van der Waals surface area contributed by atoms with Crippen LogP contribution in [-0.2, 0) is 14.3 Å². The van der Waals surface area contributed by atoms with Gasteiger partial charge in [0.25, 0.3) is 5.91 Å². The molecule has 2 fully saturated rings. The van der Waals surface area contributed by atoms with Crippen molar-refractivity contribution < 1.29 is 19.1 Å². The lowest BCUT2D eigenvalue weighted by molar-refractivity contribution is -0.153. The van der Waals surface area contributed by atoms with E-state index in [0.29, 0.717) is 22.9 Å². The van der Waals surface area contributed by atoms with Gasteiger partial charge in [0, 0.05) is 29.1 Å². The van der Waals surface area contributed by atoms with Crippen LogP contribution in [0.4, 0.5) is 4.79 Å². The molecule has 2 aliphatic rings. The third-order valence-electron chi connectivity index (χ3n) is 7.46. The van der Waals surface area contributed by atoms with Crippen LogP contribution in [0.25, 0.3) is 0 Å². The number of carbonyl (C=O) groups is 2. The lowest BCUT2D eigenvalue weighted by Crippen LogP contribution is -2.51. The Kier molecular flexibility index (Phi) is 7.00. The van der Waals surface area contributed by atoms with Crippen LogP contribution in [0.5, 0.6) is 0 Å². The van der Waals surface area contributed by atoms with Crippen molar-refractivity contribution in [2.45, 2.75) is 76.5 Å². The Morgan fingerprint density at radius 2 is 1.77 bits per heavy atom. The maximum Gasteiger partial charge on any atom is 0.417 e. The fraction of sp³-hybridized carbons (Fsp3) is 0.500. The van der Waals surface area contributed by atoms with E-state index in [0.717, 1.165) is 16.7 Å². The third kappa shape index (κ3) is 4.59. The van der Waals surface area contributed by atoms with Crippen LogP contribution >= 0.6 is 23.2 Å². The average molecular weight is 518 g/mol. The summed E-state index contributed by atoms with van der Waals surface area (Å²) in [6.45, 7) is 9.30. The van der Waals surface area contributed by atoms with Crippen molar-refractivity contribution in [3.05, 3.63) is 69.2 Å². The van der Waals surface area contributed by atoms with Gasteiger partial charge in [-0.3, -0.25) is 4.79 Å². The van der Waals surface area contributed by atoms with Crippen molar-refractivity contribution in [1.29, 1.82) is 0 Å². The predicted octanol–water partition coefficient (Wildman–Crippen LogP) is 7.13. The number of rotatable bonds is 3. The Hall–Kier alpha value is -2.08. The first kappa shape index (κ1) is 26.0. The molecular weight excluding hydrogens is 485 g/mol. The summed E-state index contributed by atoms with van der Waals surface area (Å²) in [4.78, 5) is 28.3. The summed E-state index contributed by atoms with van der Waals surface area (Å²) < 4.78 is 11.7. The summed E-state index contributed by atoms with van der Waals surface area (Å²) in [6.07, 6.45) is 0.525. The first-order chi connectivity index (χ1) is 16.4. The fourth-order valence-electron chi connectivity index (χ4n) is 6.04. The van der Waals surface area contributed by atoms with Gasteiger partial charge in [0.2, 0.25) is 0 Å². The second-order valence-corrected chi connectivity index (χ2v) is 11.6. The molecule has 1 saturated heterocycles. The number of ether oxygens (including phenoxy) is 2. The topological polar surface area (TPSA) is 55.8 Å². The molecule has 0 spiro atoms. The monoisotopic (exact) mass is 517 g/mol. The van der Waals surface area contributed by atoms with Gasteiger partial charge < -0.3 is 9.47 Å². The van der Waals surface area contributed by atoms with E-state index in [1.165, 1.54) is 4.90 Å². The van der Waals surface area contributed by atoms with E-state index in [2.05, 4.69) is 12.1 Å². The minimum Gasteiger partial charge on any atom is -0.443 e. The molecule has 1 aliphatic heterocycles. The zero-order valence-corrected chi connectivity index (χ0v) is 22.6. The molecule has 0 N–H and O–H groups in total. The van der Waals surface area contributed by atoms with Crippen molar-refractivity contribution in [2.24, 2.45) is 5.92 Å². The zero-order valence-electron chi connectivity index (χ0n) is 21.1. The minimum atomic E-state index is -1.13. The van der Waals surface area contributed by atoms with E-state index < -0.39 is 23.3 Å². The van der Waals surface area contributed by atoms with Crippen molar-refractivity contribution >= 4 is 35.2 Å². The van der Waals surface area contributed by atoms with Gasteiger partial charge >= 0.3 is 6.09 Å². The minimum absolute atomic E-state index is 0.0337. The number of nitrogens with zero attached hydrogens (tertiary/aromatic N) is 1. The summed E-state index contributed by atoms with van der Waals surface area (Å²) in [5.41, 5.74) is 1.31. The standard InChI is InChI=1S/C28H33Cl2NO4/c1-16-7-12-20(22(30)15-16)21-13-14-28(34-6)24(23(21)18-8-10-19(29)11-9-18)17(2)31(25(28)32)26(33)35-27(3,4)5/h7-12,15,17,21,23-24H,13-14H2,1-6H3/t17-,21+,23+,24+,28+/m1/s1. The molecule has 5 nitrogen and oxygen atoms in total. The molecule has 0 bridgehead atoms. The maximum absolute atomic E-state index is 13.9. The molecule has 7 heteroatoms. The van der Waals surface area contributed by atoms with E-state index in [9.17, 15) is 9.59 Å². The fourth-order valence-corrected chi connectivity index (χ4v) is 6.54. The van der Waals surface area contributed by atoms with Crippen LogP contribution in [0.2, 0.25) is 10.0 Å². The third-order valence-corrected chi connectivity index (χ3v) is 8.04. The number of carbonyl (C=O) groups excluding carboxylic acids is 2. The molecule has 4 rings (SSSR count). The number of aryl methyl sites for hydroxylation is 1. The summed E-state index contributed by atoms with van der Waals surface area (Å²) in [5, 5.41) is 1.35. The lowest BCUT2D eigenvalue weighted by Gasteiger charge is -2.46. The van der Waals surface area contributed by atoms with Gasteiger partial charge in [-0.05, 0) is 94.2 Å². The highest BCUT2D eigenvalue weighted by Crippen LogP contribution is 2.58. The second-order valence-electron chi connectivity index (χ2n) is 10.8. The van der Waals surface area contributed by atoms with Crippen LogP contribution in [0.3, 0.4) is 0 Å². The molecule has 0 radical (unpaired) electrons. The van der Waals surface area contributed by atoms with E-state index in [1.807, 2.05) is 44.2 Å². The lowest BCUT2D eigenvalue weighted by atomic mass is 9.59. The van der Waals surface area contributed by atoms with E-state index in [4.69, 9.17) is 32.7 Å². The average Bonchev–Trinajstić information content (AvgIpc) is 3.00. The van der Waals surface area contributed by atoms with Gasteiger partial charge in [-0.25, -0.2) is 9.69 Å². The normalized spacial score (nSPS) is 28.7. The molecule has 35 heavy (non-hydrogen) atoms. The highest BCUT2D eigenvalue weighted by molar-refractivity contribution is 6.31. The number of benzene rings is 2. The number of hydrogen-bond donors (Lipinski definition) is 0. The van der Waals surface area contributed by atoms with Crippen LogP contribution in [0.1, 0.15) is 69.1 Å². The molecule has 2 amide bonds. The number of methoxy groups -OCH3 is 1. The summed E-state index contributed by atoms with van der Waals surface area (Å²) in [5.74, 6) is -0.733. The first-order valence-corrected chi connectivity index (χ1v) is 12.8. The molecule has 0 unspecified atom stereocenters. The van der Waals surface area contributed by atoms with Gasteiger partial charge in [0.15, 0.2) is 5.60 Å². The van der Waals surface area contributed by atoms with E-state index >= 15 is 0 Å². The highest BCUT2D eigenvalue weighted by Gasteiger charge is 2.66. The number of amides is 2. The van der Waals surface area contributed by atoms with Gasteiger partial charge in [-0.2, -0.15) is 0 Å². The van der Waals surface area contributed by atoms with Crippen LogP contribution in [-0.4, -0.2) is 41.3 Å². The van der Waals surface area contributed by atoms with Gasteiger partial charge in [0.1, 0.15) is 5.60 Å². The molecule has 5 atom stereocenters. The molecular formula is C28H33Cl2NO4. The molecule has 188 valence electrons. The number of hydrogen-bond acceptors (Lipinski definition) is 4. The Morgan fingerprint density at radius 3 is 2.34 bits per heavy atom. The predicted molar refractivity (Wildman–Crippen MR) is 138 cm³/mol. The quantitative estimate of drug-likeness (QED) is 0.434. The number of likely N-dealkylation sites (tertiary alicyclic amines) is 1. The van der Waals surface area contributed by atoms with Crippen LogP contribution in [0.15, 0.2) is 42.5 Å². The summed E-state index contributed by atoms with van der Waals surface area (Å²) >= 11 is 13.0.